The van der Waals surface area contributed by atoms with Crippen molar-refractivity contribution in [3.63, 3.8) is 0 Å². The summed E-state index contributed by atoms with van der Waals surface area (Å²) in [6.07, 6.45) is 3.85. The monoisotopic (exact) mass is 288 g/mol. The molecule has 3 rings (SSSR count). The van der Waals surface area contributed by atoms with Gasteiger partial charge in [0, 0.05) is 18.1 Å². The van der Waals surface area contributed by atoms with E-state index < -0.39 is 0 Å². The van der Waals surface area contributed by atoms with Gasteiger partial charge in [0.25, 0.3) is 0 Å². The van der Waals surface area contributed by atoms with Crippen molar-refractivity contribution in [1.82, 2.24) is 10.2 Å². The number of rotatable bonds is 4. The predicted octanol–water partition coefficient (Wildman–Crippen LogP) is 3.00. The fourth-order valence-electron chi connectivity index (χ4n) is 4.33. The van der Waals surface area contributed by atoms with Crippen LogP contribution in [0.15, 0.2) is 18.2 Å². The van der Waals surface area contributed by atoms with Crippen molar-refractivity contribution in [1.29, 1.82) is 0 Å². The van der Waals surface area contributed by atoms with Gasteiger partial charge in [0.1, 0.15) is 5.75 Å². The van der Waals surface area contributed by atoms with E-state index in [1.165, 1.54) is 30.5 Å². The number of likely N-dealkylation sites (tertiary alicyclic amines) is 1. The summed E-state index contributed by atoms with van der Waals surface area (Å²) in [6.45, 7) is 5.97. The number of hydrogen-bond acceptors (Lipinski definition) is 3. The summed E-state index contributed by atoms with van der Waals surface area (Å²) in [6, 6.07) is 8.32. The normalized spacial score (nSPS) is 29.1. The Labute approximate surface area is 128 Å². The number of likely N-dealkylation sites (N-methyl/N-ethyl adjacent to an activating group) is 1. The van der Waals surface area contributed by atoms with Gasteiger partial charge >= 0.3 is 0 Å². The Kier molecular flexibility index (Phi) is 4.23. The van der Waals surface area contributed by atoms with Crippen molar-refractivity contribution in [2.75, 3.05) is 20.7 Å². The molecule has 3 nitrogen and oxygen atoms in total. The second kappa shape index (κ2) is 5.98. The molecule has 0 spiro atoms. The molecule has 1 aliphatic carbocycles. The number of fused-ring (bicyclic) bond motifs is 1. The lowest BCUT2D eigenvalue weighted by molar-refractivity contribution is 0.126. The molecule has 0 aromatic heterocycles. The fourth-order valence-corrected chi connectivity index (χ4v) is 4.33. The largest absolute Gasteiger partial charge is 0.497 e. The van der Waals surface area contributed by atoms with Crippen molar-refractivity contribution in [2.24, 2.45) is 5.92 Å². The van der Waals surface area contributed by atoms with Crippen LogP contribution < -0.4 is 10.1 Å². The van der Waals surface area contributed by atoms with E-state index in [4.69, 9.17) is 4.74 Å². The smallest absolute Gasteiger partial charge is 0.119 e. The van der Waals surface area contributed by atoms with Crippen LogP contribution in [0, 0.1) is 5.92 Å². The molecule has 3 unspecified atom stereocenters. The van der Waals surface area contributed by atoms with Gasteiger partial charge in [0.05, 0.1) is 7.11 Å². The van der Waals surface area contributed by atoms with Crippen molar-refractivity contribution in [3.05, 3.63) is 29.3 Å². The Bertz CT molecular complexity index is 500. The molecule has 0 bridgehead atoms. The third-order valence-electron chi connectivity index (χ3n) is 5.35. The Balaban J connectivity index is 1.88. The second-order valence-corrected chi connectivity index (χ2v) is 6.79. The zero-order chi connectivity index (χ0) is 15.0. The lowest BCUT2D eigenvalue weighted by Gasteiger charge is -2.36. The predicted molar refractivity (Wildman–Crippen MR) is 86.9 cm³/mol. The fraction of sp³-hybridized carbons (Fsp3) is 0.667. The summed E-state index contributed by atoms with van der Waals surface area (Å²) in [5, 5.41) is 3.56. The first-order chi connectivity index (χ1) is 10.2. The van der Waals surface area contributed by atoms with Crippen LogP contribution in [0.1, 0.15) is 43.9 Å². The van der Waals surface area contributed by atoms with Crippen LogP contribution in [0.2, 0.25) is 0 Å². The highest BCUT2D eigenvalue weighted by atomic mass is 16.5. The third-order valence-corrected chi connectivity index (χ3v) is 5.35. The standard InChI is InChI=1S/C18H28N2O/c1-12(2)16-6-5-9-20(16)17-10-13-7-8-14(21-4)11-15(13)18(17)19-3/h7-8,11-12,16-19H,5-6,9-10H2,1-4H3. The molecule has 3 heteroatoms. The molecule has 3 atom stereocenters. The topological polar surface area (TPSA) is 24.5 Å². The summed E-state index contributed by atoms with van der Waals surface area (Å²) in [5.41, 5.74) is 2.91. The molecular weight excluding hydrogens is 260 g/mol. The number of benzene rings is 1. The minimum absolute atomic E-state index is 0.425. The number of methoxy groups -OCH3 is 1. The molecule has 116 valence electrons. The maximum atomic E-state index is 5.41. The lowest BCUT2D eigenvalue weighted by Crippen LogP contribution is -2.46. The third kappa shape index (κ3) is 2.58. The van der Waals surface area contributed by atoms with E-state index >= 15 is 0 Å². The molecule has 1 N–H and O–H groups in total. The van der Waals surface area contributed by atoms with Crippen LogP contribution >= 0.6 is 0 Å². The van der Waals surface area contributed by atoms with Crippen molar-refractivity contribution in [2.45, 2.75) is 51.2 Å². The summed E-state index contributed by atoms with van der Waals surface area (Å²) >= 11 is 0. The summed E-state index contributed by atoms with van der Waals surface area (Å²) in [4.78, 5) is 2.76. The molecule has 1 aromatic carbocycles. The number of ether oxygens (including phenoxy) is 1. The summed E-state index contributed by atoms with van der Waals surface area (Å²) in [5.74, 6) is 1.71. The van der Waals surface area contributed by atoms with Crippen molar-refractivity contribution in [3.8, 4) is 5.75 Å². The van der Waals surface area contributed by atoms with Gasteiger partial charge in [-0.05, 0) is 62.0 Å². The Morgan fingerprint density at radius 3 is 2.81 bits per heavy atom. The van der Waals surface area contributed by atoms with Gasteiger partial charge in [-0.1, -0.05) is 19.9 Å². The highest BCUT2D eigenvalue weighted by molar-refractivity contribution is 5.43. The molecule has 1 aliphatic heterocycles. The number of nitrogens with zero attached hydrogens (tertiary/aromatic N) is 1. The molecule has 1 aromatic rings. The minimum Gasteiger partial charge on any atom is -0.497 e. The van der Waals surface area contributed by atoms with Gasteiger partial charge in [0.2, 0.25) is 0 Å². The maximum Gasteiger partial charge on any atom is 0.119 e. The molecule has 0 radical (unpaired) electrons. The average Bonchev–Trinajstić information content (AvgIpc) is 3.09. The van der Waals surface area contributed by atoms with Gasteiger partial charge in [-0.2, -0.15) is 0 Å². The first kappa shape index (κ1) is 14.9. The zero-order valence-corrected chi connectivity index (χ0v) is 13.7. The van der Waals surface area contributed by atoms with Gasteiger partial charge in [0.15, 0.2) is 0 Å². The van der Waals surface area contributed by atoms with Crippen LogP contribution in [0.3, 0.4) is 0 Å². The van der Waals surface area contributed by atoms with Crippen molar-refractivity contribution < 1.29 is 4.74 Å². The average molecular weight is 288 g/mol. The highest BCUT2D eigenvalue weighted by Crippen LogP contribution is 2.40. The number of hydrogen-bond donors (Lipinski definition) is 1. The maximum absolute atomic E-state index is 5.41. The minimum atomic E-state index is 0.425. The first-order valence-corrected chi connectivity index (χ1v) is 8.25. The number of nitrogens with one attached hydrogen (secondary N) is 1. The van der Waals surface area contributed by atoms with Crippen molar-refractivity contribution >= 4 is 0 Å². The molecule has 0 amide bonds. The molecule has 1 fully saturated rings. The van der Waals surface area contributed by atoms with Gasteiger partial charge in [-0.25, -0.2) is 0 Å². The van der Waals surface area contributed by atoms with Crippen LogP contribution in [-0.2, 0) is 6.42 Å². The van der Waals surface area contributed by atoms with Crippen LogP contribution in [0.4, 0.5) is 0 Å². The molecule has 1 saturated heterocycles. The van der Waals surface area contributed by atoms with Gasteiger partial charge in [-0.15, -0.1) is 0 Å². The van der Waals surface area contributed by atoms with E-state index in [2.05, 4.69) is 49.3 Å². The van der Waals surface area contributed by atoms with E-state index in [1.807, 2.05) is 0 Å². The van der Waals surface area contributed by atoms with E-state index in [0.717, 1.165) is 24.1 Å². The highest BCUT2D eigenvalue weighted by Gasteiger charge is 2.40. The molecule has 1 heterocycles. The SMILES string of the molecule is CNC1c2cc(OC)ccc2CC1N1CCCC1C(C)C. The summed E-state index contributed by atoms with van der Waals surface area (Å²) in [7, 11) is 3.84. The zero-order valence-electron chi connectivity index (χ0n) is 13.7. The van der Waals surface area contributed by atoms with E-state index in [-0.39, 0.29) is 0 Å². The van der Waals surface area contributed by atoms with E-state index in [1.54, 1.807) is 7.11 Å². The first-order valence-electron chi connectivity index (χ1n) is 8.25. The van der Waals surface area contributed by atoms with Crippen LogP contribution in [-0.4, -0.2) is 37.7 Å². The Morgan fingerprint density at radius 2 is 2.14 bits per heavy atom. The van der Waals surface area contributed by atoms with E-state index in [9.17, 15) is 0 Å². The van der Waals surface area contributed by atoms with Gasteiger partial charge < -0.3 is 10.1 Å². The van der Waals surface area contributed by atoms with Crippen LogP contribution in [0.25, 0.3) is 0 Å². The van der Waals surface area contributed by atoms with Gasteiger partial charge in [-0.3, -0.25) is 4.90 Å². The molecular formula is C18H28N2O. The van der Waals surface area contributed by atoms with E-state index in [0.29, 0.717) is 12.1 Å². The second-order valence-electron chi connectivity index (χ2n) is 6.79. The quantitative estimate of drug-likeness (QED) is 0.922. The molecule has 0 saturated carbocycles. The Hall–Kier alpha value is -1.06. The Morgan fingerprint density at radius 1 is 1.33 bits per heavy atom. The lowest BCUT2D eigenvalue weighted by atomic mass is 9.99. The van der Waals surface area contributed by atoms with Crippen LogP contribution in [0.5, 0.6) is 5.75 Å². The molecule has 2 aliphatic rings. The summed E-state index contributed by atoms with van der Waals surface area (Å²) < 4.78 is 5.41. The molecule has 21 heavy (non-hydrogen) atoms.